The fourth-order valence-electron chi connectivity index (χ4n) is 2.85. The van der Waals surface area contributed by atoms with Crippen LogP contribution >= 0.6 is 27.3 Å². The van der Waals surface area contributed by atoms with E-state index in [0.717, 1.165) is 10.0 Å². The molecule has 0 saturated heterocycles. The quantitative estimate of drug-likeness (QED) is 0.539. The Morgan fingerprint density at radius 3 is 2.75 bits per heavy atom. The normalized spacial score (nSPS) is 11.1. The lowest BCUT2D eigenvalue weighted by molar-refractivity contribution is 0.0788. The second-order valence-corrected chi connectivity index (χ2v) is 8.13. The standard InChI is InChI=1S/C19H19BrFN3O3S/c1-10-15-17(27-4)22-14(9-26-3)23-18(15)28-16(10)19(25)24(2)8-11-7-12(20)5-6-13(11)21/h5-7H,8-9H2,1-4H3. The lowest BCUT2D eigenvalue weighted by Gasteiger charge is -2.17. The fourth-order valence-corrected chi connectivity index (χ4v) is 4.45. The van der Waals surface area contributed by atoms with Gasteiger partial charge in [0, 0.05) is 30.7 Å². The highest BCUT2D eigenvalue weighted by atomic mass is 79.9. The summed E-state index contributed by atoms with van der Waals surface area (Å²) in [6.45, 7) is 2.23. The monoisotopic (exact) mass is 467 g/mol. The number of nitrogens with zero attached hydrogens (tertiary/aromatic N) is 3. The highest BCUT2D eigenvalue weighted by Gasteiger charge is 2.24. The number of aromatic nitrogens is 2. The van der Waals surface area contributed by atoms with Crippen LogP contribution < -0.4 is 4.74 Å². The Balaban J connectivity index is 1.96. The van der Waals surface area contributed by atoms with Crippen LogP contribution in [0.25, 0.3) is 10.2 Å². The molecule has 0 atom stereocenters. The van der Waals surface area contributed by atoms with Gasteiger partial charge in [-0.3, -0.25) is 4.79 Å². The number of halogens is 2. The first-order valence-corrected chi connectivity index (χ1v) is 9.99. The Morgan fingerprint density at radius 2 is 2.07 bits per heavy atom. The molecule has 0 aliphatic heterocycles. The molecule has 0 aliphatic carbocycles. The van der Waals surface area contributed by atoms with Crippen molar-refractivity contribution in [3.05, 3.63) is 50.3 Å². The van der Waals surface area contributed by atoms with Crippen LogP contribution in [0, 0.1) is 12.7 Å². The fraction of sp³-hybridized carbons (Fsp3) is 0.316. The number of methoxy groups -OCH3 is 2. The lowest BCUT2D eigenvalue weighted by Crippen LogP contribution is -2.26. The van der Waals surface area contributed by atoms with Gasteiger partial charge in [-0.2, -0.15) is 4.98 Å². The molecule has 2 heterocycles. The second kappa shape index (κ2) is 8.50. The van der Waals surface area contributed by atoms with Crippen LogP contribution in [0.1, 0.15) is 26.6 Å². The summed E-state index contributed by atoms with van der Waals surface area (Å²) in [6, 6.07) is 4.67. The first-order valence-electron chi connectivity index (χ1n) is 8.38. The summed E-state index contributed by atoms with van der Waals surface area (Å²) in [7, 11) is 4.73. The third-order valence-corrected chi connectivity index (χ3v) is 5.89. The Morgan fingerprint density at radius 1 is 1.32 bits per heavy atom. The molecule has 28 heavy (non-hydrogen) atoms. The van der Waals surface area contributed by atoms with Gasteiger partial charge in [-0.25, -0.2) is 9.37 Å². The number of fused-ring (bicyclic) bond motifs is 1. The molecule has 0 spiro atoms. The van der Waals surface area contributed by atoms with Gasteiger partial charge in [-0.05, 0) is 30.7 Å². The van der Waals surface area contributed by atoms with Crippen LogP contribution in [0.3, 0.4) is 0 Å². The number of carbonyl (C=O) groups excluding carboxylic acids is 1. The smallest absolute Gasteiger partial charge is 0.264 e. The summed E-state index contributed by atoms with van der Waals surface area (Å²) in [5, 5.41) is 0.706. The molecule has 0 radical (unpaired) electrons. The van der Waals surface area contributed by atoms with Crippen molar-refractivity contribution in [3.8, 4) is 5.88 Å². The van der Waals surface area contributed by atoms with Crippen LogP contribution in [0.15, 0.2) is 22.7 Å². The van der Waals surface area contributed by atoms with Gasteiger partial charge in [0.2, 0.25) is 5.88 Å². The van der Waals surface area contributed by atoms with E-state index in [1.165, 1.54) is 29.4 Å². The third kappa shape index (κ3) is 4.01. The Bertz CT molecular complexity index is 1040. The third-order valence-electron chi connectivity index (χ3n) is 4.23. The number of ether oxygens (including phenoxy) is 2. The van der Waals surface area contributed by atoms with E-state index in [4.69, 9.17) is 9.47 Å². The highest BCUT2D eigenvalue weighted by molar-refractivity contribution is 9.10. The van der Waals surface area contributed by atoms with Gasteiger partial charge >= 0.3 is 0 Å². The average molecular weight is 468 g/mol. The maximum Gasteiger partial charge on any atom is 0.264 e. The number of hydrogen-bond acceptors (Lipinski definition) is 6. The zero-order chi connectivity index (χ0) is 20.4. The molecule has 0 N–H and O–H groups in total. The number of aryl methyl sites for hydroxylation is 1. The number of benzene rings is 1. The minimum Gasteiger partial charge on any atom is -0.480 e. The van der Waals surface area contributed by atoms with E-state index in [0.29, 0.717) is 32.4 Å². The maximum atomic E-state index is 14.1. The van der Waals surface area contributed by atoms with E-state index >= 15 is 0 Å². The molecular weight excluding hydrogens is 449 g/mol. The van der Waals surface area contributed by atoms with Gasteiger partial charge in [-0.1, -0.05) is 15.9 Å². The maximum absolute atomic E-state index is 14.1. The number of hydrogen-bond donors (Lipinski definition) is 0. The predicted molar refractivity (Wildman–Crippen MR) is 109 cm³/mol. The number of rotatable bonds is 6. The van der Waals surface area contributed by atoms with Crippen LogP contribution in [0.2, 0.25) is 0 Å². The summed E-state index contributed by atoms with van der Waals surface area (Å²) >= 11 is 4.60. The summed E-state index contributed by atoms with van der Waals surface area (Å²) in [5.74, 6) is 0.324. The molecule has 1 amide bonds. The first kappa shape index (κ1) is 20.6. The van der Waals surface area contributed by atoms with E-state index in [1.54, 1.807) is 26.3 Å². The lowest BCUT2D eigenvalue weighted by atomic mass is 10.1. The van der Waals surface area contributed by atoms with Gasteiger partial charge in [0.25, 0.3) is 5.91 Å². The summed E-state index contributed by atoms with van der Waals surface area (Å²) in [6.07, 6.45) is 0. The molecule has 0 aliphatic rings. The van der Waals surface area contributed by atoms with Crippen molar-refractivity contribution in [3.63, 3.8) is 0 Å². The topological polar surface area (TPSA) is 64.6 Å². The Labute approximate surface area is 174 Å². The van der Waals surface area contributed by atoms with Crippen molar-refractivity contribution >= 4 is 43.4 Å². The zero-order valence-corrected chi connectivity index (χ0v) is 18.3. The molecule has 3 rings (SSSR count). The molecule has 2 aromatic heterocycles. The largest absolute Gasteiger partial charge is 0.480 e. The molecule has 148 valence electrons. The van der Waals surface area contributed by atoms with Gasteiger partial charge in [0.05, 0.1) is 17.4 Å². The van der Waals surface area contributed by atoms with Crippen molar-refractivity contribution in [2.75, 3.05) is 21.3 Å². The van der Waals surface area contributed by atoms with E-state index in [9.17, 15) is 9.18 Å². The first-order chi connectivity index (χ1) is 13.3. The molecule has 0 bridgehead atoms. The Hall–Kier alpha value is -2.10. The molecule has 0 fully saturated rings. The molecule has 0 saturated carbocycles. The molecule has 9 heteroatoms. The van der Waals surface area contributed by atoms with E-state index in [1.807, 2.05) is 6.92 Å². The van der Waals surface area contributed by atoms with Crippen molar-refractivity contribution in [2.45, 2.75) is 20.1 Å². The molecular formula is C19H19BrFN3O3S. The van der Waals surface area contributed by atoms with Crippen molar-refractivity contribution in [2.24, 2.45) is 0 Å². The van der Waals surface area contributed by atoms with Crippen LogP contribution in [-0.2, 0) is 17.9 Å². The average Bonchev–Trinajstić information content (AvgIpc) is 3.00. The van der Waals surface area contributed by atoms with E-state index < -0.39 is 0 Å². The highest BCUT2D eigenvalue weighted by Crippen LogP contribution is 2.35. The minimum atomic E-state index is -0.354. The molecule has 3 aromatic rings. The number of amides is 1. The van der Waals surface area contributed by atoms with Crippen LogP contribution in [0.4, 0.5) is 4.39 Å². The van der Waals surface area contributed by atoms with Gasteiger partial charge in [0.15, 0.2) is 5.82 Å². The van der Waals surface area contributed by atoms with Crippen LogP contribution in [-0.4, -0.2) is 42.0 Å². The number of carbonyl (C=O) groups is 1. The zero-order valence-electron chi connectivity index (χ0n) is 15.9. The van der Waals surface area contributed by atoms with E-state index in [-0.39, 0.29) is 24.9 Å². The van der Waals surface area contributed by atoms with Crippen molar-refractivity contribution < 1.29 is 18.7 Å². The second-order valence-electron chi connectivity index (χ2n) is 6.22. The van der Waals surface area contributed by atoms with Gasteiger partial charge in [-0.15, -0.1) is 11.3 Å². The van der Waals surface area contributed by atoms with Crippen molar-refractivity contribution in [1.29, 1.82) is 0 Å². The SMILES string of the molecule is COCc1nc(OC)c2c(C)c(C(=O)N(C)Cc3cc(Br)ccc3F)sc2n1. The predicted octanol–water partition coefficient (Wildman–Crippen LogP) is 4.33. The van der Waals surface area contributed by atoms with Crippen molar-refractivity contribution in [1.82, 2.24) is 14.9 Å². The molecule has 6 nitrogen and oxygen atoms in total. The summed E-state index contributed by atoms with van der Waals surface area (Å²) in [5.41, 5.74) is 1.18. The van der Waals surface area contributed by atoms with Gasteiger partial charge in [0.1, 0.15) is 17.3 Å². The summed E-state index contributed by atoms with van der Waals surface area (Å²) < 4.78 is 25.3. The Kier molecular flexibility index (Phi) is 6.26. The number of thiophene rings is 1. The van der Waals surface area contributed by atoms with E-state index in [2.05, 4.69) is 25.9 Å². The minimum absolute atomic E-state index is 0.148. The van der Waals surface area contributed by atoms with Gasteiger partial charge < -0.3 is 14.4 Å². The summed E-state index contributed by atoms with van der Waals surface area (Å²) in [4.78, 5) is 24.5. The molecule has 1 aromatic carbocycles. The molecule has 0 unspecified atom stereocenters. The van der Waals surface area contributed by atoms with Crippen LogP contribution in [0.5, 0.6) is 5.88 Å².